The van der Waals surface area contributed by atoms with Crippen molar-refractivity contribution in [2.24, 2.45) is 5.73 Å². The molecule has 2 heterocycles. The van der Waals surface area contributed by atoms with Crippen LogP contribution in [-0.4, -0.2) is 47.0 Å². The summed E-state index contributed by atoms with van der Waals surface area (Å²) in [6.45, 7) is 7.07. The summed E-state index contributed by atoms with van der Waals surface area (Å²) in [5.41, 5.74) is 5.03. The van der Waals surface area contributed by atoms with Crippen molar-refractivity contribution in [2.45, 2.75) is 64.8 Å². The number of unbranched alkanes of at least 4 members (excludes halogenated alkanes) is 1. The lowest BCUT2D eigenvalue weighted by Gasteiger charge is -2.33. The van der Waals surface area contributed by atoms with Gasteiger partial charge in [0.05, 0.1) is 13.1 Å². The Morgan fingerprint density at radius 1 is 1.07 bits per heavy atom. The van der Waals surface area contributed by atoms with Crippen LogP contribution in [0.15, 0.2) is 35.0 Å². The molecule has 30 heavy (non-hydrogen) atoms. The highest BCUT2D eigenvalue weighted by Gasteiger charge is 2.33. The predicted octanol–water partition coefficient (Wildman–Crippen LogP) is 4.70. The number of ether oxygens (including phenoxy) is 1. The van der Waals surface area contributed by atoms with E-state index in [0.29, 0.717) is 26.1 Å². The number of thiophene rings is 2. The molecule has 0 saturated heterocycles. The zero-order valence-electron chi connectivity index (χ0n) is 18.3. The first kappa shape index (κ1) is 24.4. The molecule has 6 nitrogen and oxygen atoms in total. The van der Waals surface area contributed by atoms with Gasteiger partial charge in [0.15, 0.2) is 0 Å². The molecule has 0 aliphatic carbocycles. The molecule has 2 rings (SSSR count). The van der Waals surface area contributed by atoms with Gasteiger partial charge in [0.25, 0.3) is 0 Å². The average molecular weight is 452 g/mol. The van der Waals surface area contributed by atoms with Gasteiger partial charge in [-0.3, -0.25) is 9.69 Å². The second-order valence-electron chi connectivity index (χ2n) is 8.24. The molecule has 0 unspecified atom stereocenters. The van der Waals surface area contributed by atoms with Gasteiger partial charge < -0.3 is 15.4 Å². The molecule has 166 valence electrons. The highest BCUT2D eigenvalue weighted by atomic mass is 32.1. The van der Waals surface area contributed by atoms with E-state index < -0.39 is 17.7 Å². The second kappa shape index (κ2) is 11.5. The molecule has 0 radical (unpaired) electrons. The van der Waals surface area contributed by atoms with E-state index in [-0.39, 0.29) is 5.91 Å². The van der Waals surface area contributed by atoms with Gasteiger partial charge in [0.1, 0.15) is 11.6 Å². The molecule has 0 saturated carbocycles. The van der Waals surface area contributed by atoms with Crippen molar-refractivity contribution in [3.8, 4) is 0 Å². The van der Waals surface area contributed by atoms with Crippen molar-refractivity contribution in [3.63, 3.8) is 0 Å². The molecule has 2 N–H and O–H groups in total. The molecule has 0 spiro atoms. The fraction of sp³-hybridized carbons (Fsp3) is 0.545. The Labute approximate surface area is 187 Å². The largest absolute Gasteiger partial charge is 0.444 e. The van der Waals surface area contributed by atoms with Crippen LogP contribution in [-0.2, 0) is 22.6 Å². The number of carbonyl (C=O) groups is 2. The van der Waals surface area contributed by atoms with Gasteiger partial charge in [0, 0.05) is 16.8 Å². The van der Waals surface area contributed by atoms with Crippen LogP contribution in [0.4, 0.5) is 4.79 Å². The van der Waals surface area contributed by atoms with E-state index in [4.69, 9.17) is 10.5 Å². The number of amides is 2. The van der Waals surface area contributed by atoms with Crippen LogP contribution in [0.2, 0.25) is 0 Å². The van der Waals surface area contributed by atoms with Gasteiger partial charge in [-0.1, -0.05) is 12.1 Å². The van der Waals surface area contributed by atoms with E-state index in [1.807, 2.05) is 60.7 Å². The van der Waals surface area contributed by atoms with Gasteiger partial charge in [-0.15, -0.1) is 22.7 Å². The Hall–Kier alpha value is -1.90. The Morgan fingerprint density at radius 2 is 1.63 bits per heavy atom. The number of nitrogens with two attached hydrogens (primary N) is 1. The topological polar surface area (TPSA) is 75.9 Å². The summed E-state index contributed by atoms with van der Waals surface area (Å²) in [5.74, 6) is -0.0674. The average Bonchev–Trinajstić information content (AvgIpc) is 3.36. The van der Waals surface area contributed by atoms with Gasteiger partial charge in [0.2, 0.25) is 5.91 Å². The predicted molar refractivity (Wildman–Crippen MR) is 124 cm³/mol. The third kappa shape index (κ3) is 7.74. The van der Waals surface area contributed by atoms with Crippen LogP contribution < -0.4 is 5.73 Å². The number of carbonyl (C=O) groups excluding carboxylic acids is 2. The first-order valence-electron chi connectivity index (χ1n) is 10.2. The maximum Gasteiger partial charge on any atom is 0.410 e. The number of hydrogen-bond acceptors (Lipinski definition) is 6. The van der Waals surface area contributed by atoms with E-state index in [2.05, 4.69) is 0 Å². The Bertz CT molecular complexity index is 734. The van der Waals surface area contributed by atoms with Crippen molar-refractivity contribution in [2.75, 3.05) is 13.6 Å². The third-order valence-electron chi connectivity index (χ3n) is 4.53. The Balaban J connectivity index is 2.23. The molecule has 0 aliphatic heterocycles. The first-order chi connectivity index (χ1) is 14.2. The summed E-state index contributed by atoms with van der Waals surface area (Å²) >= 11 is 3.25. The van der Waals surface area contributed by atoms with Crippen molar-refractivity contribution in [3.05, 3.63) is 44.8 Å². The molecular weight excluding hydrogens is 418 g/mol. The maximum absolute atomic E-state index is 13.7. The SMILES string of the molecule is CN(C(=O)OC(C)(C)C)[C@@H](CCCCN)C(=O)N(Cc1cccs1)Cc1cccs1. The van der Waals surface area contributed by atoms with E-state index >= 15 is 0 Å². The van der Waals surface area contributed by atoms with E-state index in [1.54, 1.807) is 29.7 Å². The normalized spacial score (nSPS) is 12.4. The Kier molecular flexibility index (Phi) is 9.33. The summed E-state index contributed by atoms with van der Waals surface area (Å²) in [6.07, 6.45) is 1.64. The van der Waals surface area contributed by atoms with Crippen molar-refractivity contribution in [1.82, 2.24) is 9.80 Å². The quantitative estimate of drug-likeness (QED) is 0.531. The molecular formula is C22H33N3O3S2. The van der Waals surface area contributed by atoms with Crippen LogP contribution >= 0.6 is 22.7 Å². The minimum absolute atomic E-state index is 0.0674. The Morgan fingerprint density at radius 3 is 2.07 bits per heavy atom. The standard InChI is InChI=1S/C22H33N3O3S2/c1-22(2,3)28-21(27)24(4)19(11-5-6-12-23)20(26)25(15-17-9-7-13-29-17)16-18-10-8-14-30-18/h7-10,13-14,19H,5-6,11-12,15-16,23H2,1-4H3/t19-/m0/s1. The fourth-order valence-electron chi connectivity index (χ4n) is 3.03. The molecule has 8 heteroatoms. The van der Waals surface area contributed by atoms with Gasteiger partial charge in [-0.2, -0.15) is 0 Å². The molecule has 0 fully saturated rings. The summed E-state index contributed by atoms with van der Waals surface area (Å²) in [7, 11) is 1.65. The van der Waals surface area contributed by atoms with Gasteiger partial charge in [-0.05, 0) is 69.5 Å². The highest BCUT2D eigenvalue weighted by molar-refractivity contribution is 7.10. The minimum atomic E-state index is -0.621. The summed E-state index contributed by atoms with van der Waals surface area (Å²) in [4.78, 5) is 31.9. The fourth-order valence-corrected chi connectivity index (χ4v) is 4.47. The number of likely N-dealkylation sites (N-methyl/N-ethyl adjacent to an activating group) is 1. The lowest BCUT2D eigenvalue weighted by Crippen LogP contribution is -2.50. The van der Waals surface area contributed by atoms with Crippen LogP contribution in [0.3, 0.4) is 0 Å². The molecule has 0 aliphatic rings. The molecule has 2 aromatic rings. The van der Waals surface area contributed by atoms with Crippen LogP contribution in [0.25, 0.3) is 0 Å². The first-order valence-corrected chi connectivity index (χ1v) is 12.0. The van der Waals surface area contributed by atoms with Crippen LogP contribution in [0, 0.1) is 0 Å². The molecule has 2 aromatic heterocycles. The van der Waals surface area contributed by atoms with E-state index in [1.165, 1.54) is 4.90 Å². The summed E-state index contributed by atoms with van der Waals surface area (Å²) in [6, 6.07) is 7.44. The molecule has 0 bridgehead atoms. The maximum atomic E-state index is 13.7. The number of hydrogen-bond donors (Lipinski definition) is 1. The lowest BCUT2D eigenvalue weighted by molar-refractivity contribution is -0.138. The van der Waals surface area contributed by atoms with Crippen LogP contribution in [0.5, 0.6) is 0 Å². The third-order valence-corrected chi connectivity index (χ3v) is 6.25. The van der Waals surface area contributed by atoms with Gasteiger partial charge in [-0.25, -0.2) is 4.79 Å². The smallest absolute Gasteiger partial charge is 0.410 e. The zero-order chi connectivity index (χ0) is 22.1. The summed E-state index contributed by atoms with van der Waals surface area (Å²) in [5, 5.41) is 4.02. The number of rotatable bonds is 10. The molecule has 1 atom stereocenters. The van der Waals surface area contributed by atoms with Crippen LogP contribution in [0.1, 0.15) is 49.8 Å². The second-order valence-corrected chi connectivity index (χ2v) is 10.3. The highest BCUT2D eigenvalue weighted by Crippen LogP contribution is 2.21. The summed E-state index contributed by atoms with van der Waals surface area (Å²) < 4.78 is 5.52. The number of nitrogens with zero attached hydrogens (tertiary/aromatic N) is 2. The minimum Gasteiger partial charge on any atom is -0.444 e. The van der Waals surface area contributed by atoms with Crippen molar-refractivity contribution in [1.29, 1.82) is 0 Å². The van der Waals surface area contributed by atoms with Crippen molar-refractivity contribution < 1.29 is 14.3 Å². The molecule has 2 amide bonds. The molecule has 0 aromatic carbocycles. The monoisotopic (exact) mass is 451 g/mol. The zero-order valence-corrected chi connectivity index (χ0v) is 19.9. The van der Waals surface area contributed by atoms with E-state index in [9.17, 15) is 9.59 Å². The van der Waals surface area contributed by atoms with Gasteiger partial charge >= 0.3 is 6.09 Å². The lowest BCUT2D eigenvalue weighted by atomic mass is 10.1. The van der Waals surface area contributed by atoms with E-state index in [0.717, 1.165) is 22.6 Å². The van der Waals surface area contributed by atoms with Crippen molar-refractivity contribution >= 4 is 34.7 Å².